The fourth-order valence-corrected chi connectivity index (χ4v) is 2.31. The molecule has 0 saturated heterocycles. The smallest absolute Gasteiger partial charge is 0.189 e. The molecular formula is C11H14BrNO2. The van der Waals surface area contributed by atoms with Crippen LogP contribution < -0.4 is 10.1 Å². The lowest BCUT2D eigenvalue weighted by Gasteiger charge is -2.20. The molecule has 0 amide bonds. The maximum atomic E-state index is 5.43. The Balaban J connectivity index is 2.24. The lowest BCUT2D eigenvalue weighted by atomic mass is 10.1. The second-order valence-electron chi connectivity index (χ2n) is 3.53. The van der Waals surface area contributed by atoms with Crippen LogP contribution in [0.5, 0.6) is 5.75 Å². The summed E-state index contributed by atoms with van der Waals surface area (Å²) in [6.45, 7) is 1.97. The molecule has 0 aliphatic carbocycles. The van der Waals surface area contributed by atoms with Gasteiger partial charge < -0.3 is 14.8 Å². The molecule has 0 fully saturated rings. The second-order valence-corrected chi connectivity index (χ2v) is 4.38. The molecule has 15 heavy (non-hydrogen) atoms. The Morgan fingerprint density at radius 2 is 2.33 bits per heavy atom. The van der Waals surface area contributed by atoms with Crippen LogP contribution in [0.4, 0.5) is 0 Å². The van der Waals surface area contributed by atoms with E-state index in [4.69, 9.17) is 9.47 Å². The standard InChI is InChI=1S/C11H14BrNO2/c1-13-3-2-8-4-9-6-14-7-15-11(9)10(12)5-8/h4-5,13H,2-3,6-7H2,1H3. The number of nitrogens with one attached hydrogen (secondary N) is 1. The highest BCUT2D eigenvalue weighted by Gasteiger charge is 2.14. The summed E-state index contributed by atoms with van der Waals surface area (Å²) in [4.78, 5) is 0. The molecule has 1 N–H and O–H groups in total. The van der Waals surface area contributed by atoms with Crippen molar-refractivity contribution < 1.29 is 9.47 Å². The molecule has 0 spiro atoms. The first kappa shape index (κ1) is 10.9. The highest BCUT2D eigenvalue weighted by atomic mass is 79.9. The molecule has 82 valence electrons. The third kappa shape index (κ3) is 2.51. The minimum atomic E-state index is 0.349. The zero-order valence-electron chi connectivity index (χ0n) is 8.68. The highest BCUT2D eigenvalue weighted by molar-refractivity contribution is 9.10. The summed E-state index contributed by atoms with van der Waals surface area (Å²) in [6, 6.07) is 4.26. The van der Waals surface area contributed by atoms with Crippen molar-refractivity contribution in [3.8, 4) is 5.75 Å². The summed E-state index contributed by atoms with van der Waals surface area (Å²) in [6.07, 6.45) is 1.02. The van der Waals surface area contributed by atoms with Crippen LogP contribution in [0.1, 0.15) is 11.1 Å². The average molecular weight is 272 g/mol. The third-order valence-electron chi connectivity index (χ3n) is 2.39. The minimum Gasteiger partial charge on any atom is -0.466 e. The normalized spacial score (nSPS) is 14.5. The Morgan fingerprint density at radius 3 is 3.13 bits per heavy atom. The van der Waals surface area contributed by atoms with Crippen LogP contribution in [0.2, 0.25) is 0 Å². The van der Waals surface area contributed by atoms with Gasteiger partial charge in [-0.25, -0.2) is 0 Å². The third-order valence-corrected chi connectivity index (χ3v) is 2.98. The van der Waals surface area contributed by atoms with Crippen LogP contribution in [-0.4, -0.2) is 20.4 Å². The number of ether oxygens (including phenoxy) is 2. The van der Waals surface area contributed by atoms with E-state index in [0.29, 0.717) is 13.4 Å². The van der Waals surface area contributed by atoms with E-state index >= 15 is 0 Å². The lowest BCUT2D eigenvalue weighted by Crippen LogP contribution is -2.14. The number of likely N-dealkylation sites (N-methyl/N-ethyl adjacent to an activating group) is 1. The number of benzene rings is 1. The van der Waals surface area contributed by atoms with E-state index in [1.807, 2.05) is 7.05 Å². The van der Waals surface area contributed by atoms with E-state index in [0.717, 1.165) is 28.8 Å². The van der Waals surface area contributed by atoms with Crippen LogP contribution in [0.3, 0.4) is 0 Å². The van der Waals surface area contributed by atoms with Gasteiger partial charge >= 0.3 is 0 Å². The van der Waals surface area contributed by atoms with E-state index in [1.54, 1.807) is 0 Å². The number of rotatable bonds is 3. The van der Waals surface area contributed by atoms with Gasteiger partial charge in [-0.15, -0.1) is 0 Å². The Bertz CT molecular complexity index is 355. The molecule has 4 heteroatoms. The summed E-state index contributed by atoms with van der Waals surface area (Å²) in [7, 11) is 1.96. The van der Waals surface area contributed by atoms with Crippen LogP contribution in [-0.2, 0) is 17.8 Å². The van der Waals surface area contributed by atoms with E-state index in [1.165, 1.54) is 5.56 Å². The molecule has 0 saturated carbocycles. The highest BCUT2D eigenvalue weighted by Crippen LogP contribution is 2.33. The van der Waals surface area contributed by atoms with Gasteiger partial charge in [0, 0.05) is 5.56 Å². The SMILES string of the molecule is CNCCc1cc(Br)c2c(c1)COCO2. The first-order chi connectivity index (χ1) is 7.31. The maximum Gasteiger partial charge on any atom is 0.189 e. The molecule has 1 aliphatic heterocycles. The van der Waals surface area contributed by atoms with Gasteiger partial charge in [-0.2, -0.15) is 0 Å². The van der Waals surface area contributed by atoms with Gasteiger partial charge in [-0.05, 0) is 53.6 Å². The van der Waals surface area contributed by atoms with Crippen LogP contribution in [0.25, 0.3) is 0 Å². The number of halogens is 1. The summed E-state index contributed by atoms with van der Waals surface area (Å²) in [5, 5.41) is 3.14. The van der Waals surface area contributed by atoms with Crippen molar-refractivity contribution in [3.63, 3.8) is 0 Å². The van der Waals surface area contributed by atoms with Crippen molar-refractivity contribution in [2.24, 2.45) is 0 Å². The Kier molecular flexibility index (Phi) is 3.61. The van der Waals surface area contributed by atoms with E-state index in [-0.39, 0.29) is 0 Å². The van der Waals surface area contributed by atoms with Gasteiger partial charge in [-0.3, -0.25) is 0 Å². The Hall–Kier alpha value is -0.580. The lowest BCUT2D eigenvalue weighted by molar-refractivity contribution is -0.0169. The first-order valence-electron chi connectivity index (χ1n) is 4.97. The van der Waals surface area contributed by atoms with Crippen molar-refractivity contribution in [1.29, 1.82) is 0 Å². The molecule has 1 aliphatic rings. The van der Waals surface area contributed by atoms with E-state index in [2.05, 4.69) is 33.4 Å². The molecular weight excluding hydrogens is 258 g/mol. The van der Waals surface area contributed by atoms with Gasteiger partial charge in [0.05, 0.1) is 11.1 Å². The van der Waals surface area contributed by atoms with Crippen LogP contribution in [0, 0.1) is 0 Å². The van der Waals surface area contributed by atoms with Crippen molar-refractivity contribution in [2.45, 2.75) is 13.0 Å². The summed E-state index contributed by atoms with van der Waals surface area (Å²) < 4.78 is 11.7. The summed E-state index contributed by atoms with van der Waals surface area (Å²) >= 11 is 3.52. The van der Waals surface area contributed by atoms with Crippen molar-refractivity contribution in [1.82, 2.24) is 5.32 Å². The van der Waals surface area contributed by atoms with Gasteiger partial charge in [0.1, 0.15) is 5.75 Å². The molecule has 0 unspecified atom stereocenters. The molecule has 2 rings (SSSR count). The molecule has 0 radical (unpaired) electrons. The zero-order valence-corrected chi connectivity index (χ0v) is 10.3. The number of hydrogen-bond donors (Lipinski definition) is 1. The molecule has 0 aromatic heterocycles. The number of fused-ring (bicyclic) bond motifs is 1. The fourth-order valence-electron chi connectivity index (χ4n) is 1.65. The van der Waals surface area contributed by atoms with Gasteiger partial charge in [-0.1, -0.05) is 0 Å². The van der Waals surface area contributed by atoms with Crippen LogP contribution in [0.15, 0.2) is 16.6 Å². The second kappa shape index (κ2) is 4.96. The van der Waals surface area contributed by atoms with Crippen molar-refractivity contribution in [2.75, 3.05) is 20.4 Å². The average Bonchev–Trinajstić information content (AvgIpc) is 2.26. The molecule has 3 nitrogen and oxygen atoms in total. The molecule has 1 aromatic carbocycles. The molecule has 1 aromatic rings. The minimum absolute atomic E-state index is 0.349. The van der Waals surface area contributed by atoms with Gasteiger partial charge in [0.2, 0.25) is 0 Å². The fraction of sp³-hybridized carbons (Fsp3) is 0.455. The Labute approximate surface area is 97.9 Å². The zero-order chi connectivity index (χ0) is 10.7. The monoisotopic (exact) mass is 271 g/mol. The van der Waals surface area contributed by atoms with E-state index in [9.17, 15) is 0 Å². The predicted octanol–water partition coefficient (Wildman–Crippen LogP) is 2.08. The number of hydrogen-bond acceptors (Lipinski definition) is 3. The quantitative estimate of drug-likeness (QED) is 0.913. The molecule has 1 heterocycles. The maximum absolute atomic E-state index is 5.43. The Morgan fingerprint density at radius 1 is 1.47 bits per heavy atom. The van der Waals surface area contributed by atoms with Gasteiger partial charge in [0.25, 0.3) is 0 Å². The summed E-state index contributed by atoms with van der Waals surface area (Å²) in [5.74, 6) is 0.925. The van der Waals surface area contributed by atoms with Crippen molar-refractivity contribution >= 4 is 15.9 Å². The van der Waals surface area contributed by atoms with E-state index < -0.39 is 0 Å². The van der Waals surface area contributed by atoms with Gasteiger partial charge in [0.15, 0.2) is 6.79 Å². The van der Waals surface area contributed by atoms with Crippen molar-refractivity contribution in [3.05, 3.63) is 27.7 Å². The van der Waals surface area contributed by atoms with Crippen LogP contribution >= 0.6 is 15.9 Å². The predicted molar refractivity (Wildman–Crippen MR) is 62.1 cm³/mol. The molecule has 0 atom stereocenters. The largest absolute Gasteiger partial charge is 0.466 e. The summed E-state index contributed by atoms with van der Waals surface area (Å²) in [5.41, 5.74) is 2.42. The first-order valence-corrected chi connectivity index (χ1v) is 5.77. The molecule has 0 bridgehead atoms. The topological polar surface area (TPSA) is 30.5 Å².